The molecule has 2 aromatic heterocycles. The molecule has 17 heavy (non-hydrogen) atoms. The molecule has 0 aliphatic carbocycles. The van der Waals surface area contributed by atoms with Crippen molar-refractivity contribution in [3.8, 4) is 0 Å². The average Bonchev–Trinajstić information content (AvgIpc) is 2.58. The van der Waals surface area contributed by atoms with Gasteiger partial charge in [-0.25, -0.2) is 9.97 Å². The molecule has 2 heterocycles. The van der Waals surface area contributed by atoms with Crippen LogP contribution in [0, 0.1) is 12.3 Å². The van der Waals surface area contributed by atoms with Crippen LogP contribution in [0.1, 0.15) is 31.3 Å². The second-order valence-electron chi connectivity index (χ2n) is 5.43. The van der Waals surface area contributed by atoms with Crippen LogP contribution in [0.5, 0.6) is 0 Å². The van der Waals surface area contributed by atoms with Crippen molar-refractivity contribution < 1.29 is 0 Å². The Morgan fingerprint density at radius 3 is 2.71 bits per heavy atom. The summed E-state index contributed by atoms with van der Waals surface area (Å²) >= 11 is 5.51. The predicted molar refractivity (Wildman–Crippen MR) is 78.0 cm³/mol. The third kappa shape index (κ3) is 2.86. The number of aromatic nitrogens is 2. The standard InChI is InChI=1S/C13H17BrN2S/c1-8-5-9-10(6-11(14)13(2,3)4)15-7-16-12(9)17-8/h5,7,11H,6H2,1-4H3. The van der Waals surface area contributed by atoms with E-state index < -0.39 is 0 Å². The Labute approximate surface area is 115 Å². The summed E-state index contributed by atoms with van der Waals surface area (Å²) in [5.74, 6) is 0. The van der Waals surface area contributed by atoms with Crippen molar-refractivity contribution in [1.82, 2.24) is 9.97 Å². The van der Waals surface area contributed by atoms with Crippen molar-refractivity contribution in [1.29, 1.82) is 0 Å². The summed E-state index contributed by atoms with van der Waals surface area (Å²) in [4.78, 5) is 11.6. The summed E-state index contributed by atoms with van der Waals surface area (Å²) in [7, 11) is 0. The molecule has 2 aromatic rings. The molecular weight excluding hydrogens is 296 g/mol. The molecule has 0 spiro atoms. The second-order valence-corrected chi connectivity index (χ2v) is 7.77. The molecule has 0 bridgehead atoms. The van der Waals surface area contributed by atoms with Crippen molar-refractivity contribution in [3.63, 3.8) is 0 Å². The van der Waals surface area contributed by atoms with Crippen LogP contribution < -0.4 is 0 Å². The number of hydrogen-bond acceptors (Lipinski definition) is 3. The number of fused-ring (bicyclic) bond motifs is 1. The fourth-order valence-electron chi connectivity index (χ4n) is 1.66. The largest absolute Gasteiger partial charge is 0.241 e. The maximum Gasteiger partial charge on any atom is 0.127 e. The Morgan fingerprint density at radius 2 is 2.06 bits per heavy atom. The lowest BCUT2D eigenvalue weighted by molar-refractivity contribution is 0.396. The summed E-state index contributed by atoms with van der Waals surface area (Å²) in [6, 6.07) is 2.19. The molecule has 1 unspecified atom stereocenters. The van der Waals surface area contributed by atoms with E-state index in [0.717, 1.165) is 16.9 Å². The fourth-order valence-corrected chi connectivity index (χ4v) is 2.84. The van der Waals surface area contributed by atoms with Crippen LogP contribution in [0.25, 0.3) is 10.2 Å². The van der Waals surface area contributed by atoms with Crippen molar-refractivity contribution in [2.45, 2.75) is 38.9 Å². The molecule has 0 aliphatic rings. The van der Waals surface area contributed by atoms with Gasteiger partial charge in [0.15, 0.2) is 0 Å². The molecule has 0 radical (unpaired) electrons. The highest BCUT2D eigenvalue weighted by molar-refractivity contribution is 9.09. The molecule has 0 saturated carbocycles. The quantitative estimate of drug-likeness (QED) is 0.770. The molecular formula is C13H17BrN2S. The first kappa shape index (κ1) is 13.0. The maximum absolute atomic E-state index is 4.44. The van der Waals surface area contributed by atoms with Crippen LogP contribution in [0.2, 0.25) is 0 Å². The van der Waals surface area contributed by atoms with Crippen molar-refractivity contribution in [2.75, 3.05) is 0 Å². The van der Waals surface area contributed by atoms with Gasteiger partial charge in [0, 0.05) is 21.5 Å². The molecule has 0 aromatic carbocycles. The maximum atomic E-state index is 4.44. The molecule has 0 fully saturated rings. The van der Waals surface area contributed by atoms with Gasteiger partial charge in [0.25, 0.3) is 0 Å². The number of nitrogens with zero attached hydrogens (tertiary/aromatic N) is 2. The molecule has 92 valence electrons. The Morgan fingerprint density at radius 1 is 1.35 bits per heavy atom. The van der Waals surface area contributed by atoms with E-state index in [2.05, 4.69) is 59.7 Å². The summed E-state index contributed by atoms with van der Waals surface area (Å²) in [5.41, 5.74) is 1.39. The monoisotopic (exact) mass is 312 g/mol. The van der Waals surface area contributed by atoms with Gasteiger partial charge in [0.2, 0.25) is 0 Å². The average molecular weight is 313 g/mol. The van der Waals surface area contributed by atoms with Gasteiger partial charge in [-0.1, -0.05) is 36.7 Å². The minimum atomic E-state index is 0.238. The van der Waals surface area contributed by atoms with Gasteiger partial charge < -0.3 is 0 Å². The van der Waals surface area contributed by atoms with Gasteiger partial charge in [-0.05, 0) is 18.4 Å². The molecule has 0 N–H and O–H groups in total. The van der Waals surface area contributed by atoms with Crippen LogP contribution in [-0.2, 0) is 6.42 Å². The first-order valence-electron chi connectivity index (χ1n) is 5.72. The number of hydrogen-bond donors (Lipinski definition) is 0. The zero-order chi connectivity index (χ0) is 12.6. The molecule has 0 aliphatic heterocycles. The lowest BCUT2D eigenvalue weighted by Gasteiger charge is -2.25. The SMILES string of the molecule is Cc1cc2c(CC(Br)C(C)(C)C)ncnc2s1. The highest BCUT2D eigenvalue weighted by Gasteiger charge is 2.23. The van der Waals surface area contributed by atoms with Gasteiger partial charge in [0.1, 0.15) is 11.2 Å². The van der Waals surface area contributed by atoms with E-state index in [9.17, 15) is 0 Å². The van der Waals surface area contributed by atoms with Crippen molar-refractivity contribution >= 4 is 37.5 Å². The van der Waals surface area contributed by atoms with Gasteiger partial charge in [0.05, 0.1) is 5.69 Å². The number of aryl methyl sites for hydroxylation is 1. The molecule has 1 atom stereocenters. The lowest BCUT2D eigenvalue weighted by atomic mass is 9.89. The Balaban J connectivity index is 2.36. The zero-order valence-electron chi connectivity index (χ0n) is 10.6. The van der Waals surface area contributed by atoms with E-state index in [1.807, 2.05) is 0 Å². The van der Waals surface area contributed by atoms with Crippen LogP contribution >= 0.6 is 27.3 Å². The van der Waals surface area contributed by atoms with E-state index >= 15 is 0 Å². The Bertz CT molecular complexity index is 528. The van der Waals surface area contributed by atoms with E-state index in [0.29, 0.717) is 4.83 Å². The first-order valence-corrected chi connectivity index (χ1v) is 7.45. The lowest BCUT2D eigenvalue weighted by Crippen LogP contribution is -2.22. The van der Waals surface area contributed by atoms with Crippen LogP contribution in [-0.4, -0.2) is 14.8 Å². The normalized spacial score (nSPS) is 14.2. The number of alkyl halides is 1. The third-order valence-corrected chi connectivity index (χ3v) is 5.50. The molecule has 2 nitrogen and oxygen atoms in total. The number of rotatable bonds is 2. The highest BCUT2D eigenvalue weighted by atomic mass is 79.9. The van der Waals surface area contributed by atoms with Crippen LogP contribution in [0.3, 0.4) is 0 Å². The van der Waals surface area contributed by atoms with Gasteiger partial charge >= 0.3 is 0 Å². The van der Waals surface area contributed by atoms with Crippen LogP contribution in [0.15, 0.2) is 12.4 Å². The first-order chi connectivity index (χ1) is 7.88. The molecule has 2 rings (SSSR count). The van der Waals surface area contributed by atoms with Gasteiger partial charge in [-0.3, -0.25) is 0 Å². The van der Waals surface area contributed by atoms with E-state index in [1.165, 1.54) is 10.3 Å². The minimum absolute atomic E-state index is 0.238. The van der Waals surface area contributed by atoms with Crippen LogP contribution in [0.4, 0.5) is 0 Å². The van der Waals surface area contributed by atoms with E-state index in [1.54, 1.807) is 17.7 Å². The topological polar surface area (TPSA) is 25.8 Å². The molecule has 0 amide bonds. The summed E-state index contributed by atoms with van der Waals surface area (Å²) < 4.78 is 0. The third-order valence-electron chi connectivity index (χ3n) is 2.85. The summed E-state index contributed by atoms with van der Waals surface area (Å²) in [5, 5.41) is 1.21. The number of halogens is 1. The van der Waals surface area contributed by atoms with E-state index in [4.69, 9.17) is 0 Å². The Kier molecular flexibility index (Phi) is 3.55. The summed E-state index contributed by atoms with van der Waals surface area (Å²) in [6.07, 6.45) is 2.62. The molecule has 4 heteroatoms. The van der Waals surface area contributed by atoms with E-state index in [-0.39, 0.29) is 5.41 Å². The minimum Gasteiger partial charge on any atom is -0.241 e. The predicted octanol–water partition coefficient (Wildman–Crippen LogP) is 4.35. The van der Waals surface area contributed by atoms with Crippen molar-refractivity contribution in [3.05, 3.63) is 23.0 Å². The van der Waals surface area contributed by atoms with Gasteiger partial charge in [-0.2, -0.15) is 0 Å². The molecule has 0 saturated heterocycles. The van der Waals surface area contributed by atoms with Gasteiger partial charge in [-0.15, -0.1) is 11.3 Å². The highest BCUT2D eigenvalue weighted by Crippen LogP contribution is 2.31. The number of thiophene rings is 1. The fraction of sp³-hybridized carbons (Fsp3) is 0.538. The second kappa shape index (κ2) is 4.65. The van der Waals surface area contributed by atoms with Crippen molar-refractivity contribution in [2.24, 2.45) is 5.41 Å². The smallest absolute Gasteiger partial charge is 0.127 e. The zero-order valence-corrected chi connectivity index (χ0v) is 13.0. The Hall–Kier alpha value is -0.480. The summed E-state index contributed by atoms with van der Waals surface area (Å²) in [6.45, 7) is 8.84.